The standard InChI is InChI=1S/C37H27N/c1-26-10-8-16-32(24-26)38(35-19-9-15-28-12-4-6-17-33(28)35)36-23-22-29-13-5-7-18-34(29)37(36)31-21-20-27-11-2-3-14-30(27)25-31/h2-25H,1H3. The molecular formula is C37H27N. The number of benzene rings is 7. The van der Waals surface area contributed by atoms with E-state index in [2.05, 4.69) is 157 Å². The summed E-state index contributed by atoms with van der Waals surface area (Å²) in [5, 5.41) is 7.45. The lowest BCUT2D eigenvalue weighted by molar-refractivity contribution is 1.29. The molecule has 0 aliphatic heterocycles. The summed E-state index contributed by atoms with van der Waals surface area (Å²) in [6.07, 6.45) is 0. The second kappa shape index (κ2) is 9.21. The highest BCUT2D eigenvalue weighted by Gasteiger charge is 2.21. The van der Waals surface area contributed by atoms with Crippen molar-refractivity contribution in [1.82, 2.24) is 0 Å². The molecule has 0 atom stereocenters. The molecule has 1 heteroatoms. The predicted octanol–water partition coefficient (Wildman–Crippen LogP) is 10.6. The van der Waals surface area contributed by atoms with Crippen LogP contribution in [0.2, 0.25) is 0 Å². The van der Waals surface area contributed by atoms with Crippen molar-refractivity contribution >= 4 is 49.4 Å². The van der Waals surface area contributed by atoms with Crippen LogP contribution in [0, 0.1) is 6.92 Å². The molecule has 0 fully saturated rings. The van der Waals surface area contributed by atoms with Crippen molar-refractivity contribution in [2.24, 2.45) is 0 Å². The van der Waals surface area contributed by atoms with Crippen molar-refractivity contribution in [1.29, 1.82) is 0 Å². The molecule has 7 rings (SSSR count). The number of nitrogens with zero attached hydrogens (tertiary/aromatic N) is 1. The molecule has 0 amide bonds. The van der Waals surface area contributed by atoms with E-state index in [0.29, 0.717) is 0 Å². The van der Waals surface area contributed by atoms with E-state index in [0.717, 1.165) is 5.69 Å². The van der Waals surface area contributed by atoms with Crippen LogP contribution < -0.4 is 4.90 Å². The Hall–Kier alpha value is -4.88. The zero-order valence-corrected chi connectivity index (χ0v) is 21.3. The predicted molar refractivity (Wildman–Crippen MR) is 164 cm³/mol. The van der Waals surface area contributed by atoms with Crippen LogP contribution in [-0.2, 0) is 0 Å². The Balaban J connectivity index is 1.59. The average Bonchev–Trinajstić information content (AvgIpc) is 2.97. The van der Waals surface area contributed by atoms with Gasteiger partial charge < -0.3 is 4.90 Å². The maximum Gasteiger partial charge on any atom is 0.0546 e. The molecule has 0 aliphatic rings. The summed E-state index contributed by atoms with van der Waals surface area (Å²) in [5.41, 5.74) is 7.18. The first-order valence-corrected chi connectivity index (χ1v) is 13.1. The fourth-order valence-electron chi connectivity index (χ4n) is 5.67. The van der Waals surface area contributed by atoms with Gasteiger partial charge in [-0.3, -0.25) is 0 Å². The molecule has 0 bridgehead atoms. The first-order valence-electron chi connectivity index (χ1n) is 13.1. The summed E-state index contributed by atoms with van der Waals surface area (Å²) in [6.45, 7) is 2.16. The summed E-state index contributed by atoms with van der Waals surface area (Å²) < 4.78 is 0. The van der Waals surface area contributed by atoms with Gasteiger partial charge in [0.05, 0.1) is 11.4 Å². The molecule has 0 radical (unpaired) electrons. The highest BCUT2D eigenvalue weighted by molar-refractivity contribution is 6.09. The van der Waals surface area contributed by atoms with Crippen LogP contribution in [0.4, 0.5) is 17.1 Å². The summed E-state index contributed by atoms with van der Waals surface area (Å²) in [6, 6.07) is 52.8. The molecule has 0 aliphatic carbocycles. The van der Waals surface area contributed by atoms with Crippen molar-refractivity contribution in [2.45, 2.75) is 6.92 Å². The van der Waals surface area contributed by atoms with E-state index < -0.39 is 0 Å². The summed E-state index contributed by atoms with van der Waals surface area (Å²) in [7, 11) is 0. The van der Waals surface area contributed by atoms with E-state index in [1.165, 1.54) is 60.4 Å². The van der Waals surface area contributed by atoms with Crippen molar-refractivity contribution < 1.29 is 0 Å². The lowest BCUT2D eigenvalue weighted by Crippen LogP contribution is -2.12. The highest BCUT2D eigenvalue weighted by atomic mass is 15.1. The van der Waals surface area contributed by atoms with Crippen LogP contribution in [0.15, 0.2) is 146 Å². The third-order valence-electron chi connectivity index (χ3n) is 7.45. The smallest absolute Gasteiger partial charge is 0.0546 e. The largest absolute Gasteiger partial charge is 0.309 e. The summed E-state index contributed by atoms with van der Waals surface area (Å²) in [5.74, 6) is 0. The van der Waals surface area contributed by atoms with Crippen LogP contribution in [0.1, 0.15) is 5.56 Å². The fourth-order valence-corrected chi connectivity index (χ4v) is 5.67. The van der Waals surface area contributed by atoms with Crippen LogP contribution in [0.25, 0.3) is 43.4 Å². The molecule has 1 nitrogen and oxygen atoms in total. The van der Waals surface area contributed by atoms with Crippen molar-refractivity contribution in [3.8, 4) is 11.1 Å². The molecule has 0 aromatic heterocycles. The second-order valence-electron chi connectivity index (χ2n) is 9.92. The number of fused-ring (bicyclic) bond motifs is 3. The lowest BCUT2D eigenvalue weighted by atomic mass is 9.93. The van der Waals surface area contributed by atoms with Crippen molar-refractivity contribution in [2.75, 3.05) is 4.90 Å². The first-order chi connectivity index (χ1) is 18.8. The Kier molecular flexibility index (Phi) is 5.41. The lowest BCUT2D eigenvalue weighted by Gasteiger charge is -2.30. The van der Waals surface area contributed by atoms with Gasteiger partial charge in [-0.2, -0.15) is 0 Å². The quantitative estimate of drug-likeness (QED) is 0.240. The first kappa shape index (κ1) is 22.3. The van der Waals surface area contributed by atoms with Crippen LogP contribution >= 0.6 is 0 Å². The maximum absolute atomic E-state index is 2.44. The van der Waals surface area contributed by atoms with Crippen LogP contribution in [-0.4, -0.2) is 0 Å². The SMILES string of the molecule is Cc1cccc(N(c2ccc3ccccc3c2-c2ccc3ccccc3c2)c2cccc3ccccc23)c1. The minimum absolute atomic E-state index is 1.15. The number of aryl methyl sites for hydroxylation is 1. The molecule has 0 unspecified atom stereocenters. The molecule has 0 saturated carbocycles. The highest BCUT2D eigenvalue weighted by Crippen LogP contribution is 2.46. The third-order valence-corrected chi connectivity index (χ3v) is 7.45. The molecule has 0 N–H and O–H groups in total. The Labute approximate surface area is 223 Å². The van der Waals surface area contributed by atoms with Gasteiger partial charge in [0.15, 0.2) is 0 Å². The van der Waals surface area contributed by atoms with Crippen molar-refractivity contribution in [3.63, 3.8) is 0 Å². The van der Waals surface area contributed by atoms with E-state index >= 15 is 0 Å². The summed E-state index contributed by atoms with van der Waals surface area (Å²) >= 11 is 0. The average molecular weight is 486 g/mol. The Morgan fingerprint density at radius 1 is 0.421 bits per heavy atom. The fraction of sp³-hybridized carbons (Fsp3) is 0.0270. The molecule has 0 spiro atoms. The number of rotatable bonds is 4. The van der Waals surface area contributed by atoms with Gasteiger partial charge in [0.2, 0.25) is 0 Å². The van der Waals surface area contributed by atoms with Gasteiger partial charge in [0.25, 0.3) is 0 Å². The second-order valence-corrected chi connectivity index (χ2v) is 9.92. The molecule has 38 heavy (non-hydrogen) atoms. The van der Waals surface area contributed by atoms with E-state index in [-0.39, 0.29) is 0 Å². The zero-order valence-electron chi connectivity index (χ0n) is 21.3. The Morgan fingerprint density at radius 2 is 1.05 bits per heavy atom. The van der Waals surface area contributed by atoms with Crippen LogP contribution in [0.5, 0.6) is 0 Å². The monoisotopic (exact) mass is 485 g/mol. The van der Waals surface area contributed by atoms with Gasteiger partial charge in [0.1, 0.15) is 0 Å². The van der Waals surface area contributed by atoms with Gasteiger partial charge in [-0.15, -0.1) is 0 Å². The minimum Gasteiger partial charge on any atom is -0.309 e. The van der Waals surface area contributed by atoms with Gasteiger partial charge in [-0.25, -0.2) is 0 Å². The van der Waals surface area contributed by atoms with Crippen LogP contribution in [0.3, 0.4) is 0 Å². The molecule has 7 aromatic rings. The number of hydrogen-bond donors (Lipinski definition) is 0. The molecule has 7 aromatic carbocycles. The number of hydrogen-bond acceptors (Lipinski definition) is 1. The Bertz CT molecular complexity index is 1940. The molecular weight excluding hydrogens is 458 g/mol. The van der Waals surface area contributed by atoms with Gasteiger partial charge in [0, 0.05) is 16.6 Å². The molecule has 0 heterocycles. The van der Waals surface area contributed by atoms with E-state index in [1.807, 2.05) is 0 Å². The normalized spacial score (nSPS) is 11.3. The topological polar surface area (TPSA) is 3.24 Å². The zero-order chi connectivity index (χ0) is 25.5. The van der Waals surface area contributed by atoms with Gasteiger partial charge in [-0.1, -0.05) is 115 Å². The minimum atomic E-state index is 1.15. The number of anilines is 3. The van der Waals surface area contributed by atoms with E-state index in [1.54, 1.807) is 0 Å². The third kappa shape index (κ3) is 3.81. The molecule has 180 valence electrons. The van der Waals surface area contributed by atoms with E-state index in [4.69, 9.17) is 0 Å². The van der Waals surface area contributed by atoms with Crippen molar-refractivity contribution in [3.05, 3.63) is 151 Å². The van der Waals surface area contributed by atoms with Gasteiger partial charge >= 0.3 is 0 Å². The van der Waals surface area contributed by atoms with Gasteiger partial charge in [-0.05, 0) is 75.3 Å². The maximum atomic E-state index is 2.44. The molecule has 0 saturated heterocycles. The Morgan fingerprint density at radius 3 is 1.87 bits per heavy atom. The summed E-state index contributed by atoms with van der Waals surface area (Å²) in [4.78, 5) is 2.44. The van der Waals surface area contributed by atoms with E-state index in [9.17, 15) is 0 Å².